The molecule has 1 N–H and O–H groups in total. The second-order valence-electron chi connectivity index (χ2n) is 4.83. The van der Waals surface area contributed by atoms with Crippen LogP contribution in [-0.4, -0.2) is 37.7 Å². The summed E-state index contributed by atoms with van der Waals surface area (Å²) in [7, 11) is 1.96. The van der Waals surface area contributed by atoms with E-state index < -0.39 is 0 Å². The van der Waals surface area contributed by atoms with E-state index in [9.17, 15) is 0 Å². The summed E-state index contributed by atoms with van der Waals surface area (Å²) in [5.74, 6) is 2.06. The van der Waals surface area contributed by atoms with Gasteiger partial charge in [-0.15, -0.1) is 21.5 Å². The molecule has 0 unspecified atom stereocenters. The minimum atomic E-state index is 0.765. The molecular weight excluding hydrogens is 274 g/mol. The average Bonchev–Trinajstić information content (AvgIpc) is 3.14. The van der Waals surface area contributed by atoms with E-state index >= 15 is 0 Å². The van der Waals surface area contributed by atoms with Gasteiger partial charge in [0.15, 0.2) is 16.6 Å². The first kappa shape index (κ1) is 11.9. The summed E-state index contributed by atoms with van der Waals surface area (Å²) < 4.78 is 4.27. The third-order valence-electron chi connectivity index (χ3n) is 3.62. The highest BCUT2D eigenvalue weighted by atomic mass is 32.1. The van der Waals surface area contributed by atoms with E-state index in [0.29, 0.717) is 0 Å². The van der Waals surface area contributed by atoms with Gasteiger partial charge in [-0.25, -0.2) is 4.98 Å². The highest BCUT2D eigenvalue weighted by Gasteiger charge is 2.23. The van der Waals surface area contributed by atoms with Gasteiger partial charge in [-0.1, -0.05) is 0 Å². The average molecular weight is 289 g/mol. The molecule has 0 atom stereocenters. The van der Waals surface area contributed by atoms with E-state index in [4.69, 9.17) is 4.98 Å². The first-order chi connectivity index (χ1) is 9.86. The summed E-state index contributed by atoms with van der Waals surface area (Å²) in [6.07, 6.45) is 3.88. The van der Waals surface area contributed by atoms with Gasteiger partial charge in [0.25, 0.3) is 0 Å². The number of nitrogens with one attached hydrogen (secondary N) is 1. The predicted octanol–water partition coefficient (Wildman–Crippen LogP) is 0.727. The van der Waals surface area contributed by atoms with Crippen molar-refractivity contribution in [3.05, 3.63) is 29.4 Å². The highest BCUT2D eigenvalue weighted by molar-refractivity contribution is 7.15. The van der Waals surface area contributed by atoms with E-state index in [0.717, 1.165) is 42.8 Å². The number of hydrogen-bond donors (Lipinski definition) is 1. The largest absolute Gasteiger partial charge is 0.346 e. The van der Waals surface area contributed by atoms with E-state index in [1.54, 1.807) is 17.7 Å². The Balaban J connectivity index is 1.75. The van der Waals surface area contributed by atoms with Crippen LogP contribution in [0.5, 0.6) is 0 Å². The fourth-order valence-corrected chi connectivity index (χ4v) is 3.38. The molecule has 3 aromatic heterocycles. The van der Waals surface area contributed by atoms with Crippen LogP contribution in [0.2, 0.25) is 0 Å². The highest BCUT2D eigenvalue weighted by Crippen LogP contribution is 2.27. The van der Waals surface area contributed by atoms with Gasteiger partial charge in [0.2, 0.25) is 0 Å². The van der Waals surface area contributed by atoms with E-state index in [2.05, 4.69) is 41.0 Å². The summed E-state index contributed by atoms with van der Waals surface area (Å²) in [6.45, 7) is 3.41. The van der Waals surface area contributed by atoms with Gasteiger partial charge < -0.3 is 14.8 Å². The number of fused-ring (bicyclic) bond motifs is 2. The summed E-state index contributed by atoms with van der Waals surface area (Å²) in [5.41, 5.74) is 1.21. The van der Waals surface area contributed by atoms with Gasteiger partial charge in [0.05, 0.1) is 12.2 Å². The Morgan fingerprint density at radius 3 is 3.25 bits per heavy atom. The second kappa shape index (κ2) is 4.57. The Bertz CT molecular complexity index is 740. The lowest BCUT2D eigenvalue weighted by Gasteiger charge is -2.28. The quantitative estimate of drug-likeness (QED) is 0.770. The third-order valence-corrected chi connectivity index (χ3v) is 4.38. The van der Waals surface area contributed by atoms with Gasteiger partial charge in [-0.05, 0) is 7.05 Å². The summed E-state index contributed by atoms with van der Waals surface area (Å²) in [6, 6.07) is 0. The predicted molar refractivity (Wildman–Crippen MR) is 76.9 cm³/mol. The van der Waals surface area contributed by atoms with Crippen molar-refractivity contribution in [2.24, 2.45) is 0 Å². The van der Waals surface area contributed by atoms with Crippen molar-refractivity contribution in [1.29, 1.82) is 0 Å². The standard InChI is InChI=1S/C12H15N7S/c1-13-6-9-11(15-12-19(9)4-5-20-12)17-2-3-18-8-14-16-10(18)7-17/h4-5,8,13H,2-3,6-7H2,1H3. The lowest BCUT2D eigenvalue weighted by Crippen LogP contribution is -2.34. The fraction of sp³-hybridized carbons (Fsp3) is 0.417. The Morgan fingerprint density at radius 2 is 2.35 bits per heavy atom. The molecule has 0 amide bonds. The summed E-state index contributed by atoms with van der Waals surface area (Å²) >= 11 is 1.66. The number of thiazole rings is 1. The zero-order valence-corrected chi connectivity index (χ0v) is 12.0. The van der Waals surface area contributed by atoms with Crippen molar-refractivity contribution in [2.75, 3.05) is 18.5 Å². The van der Waals surface area contributed by atoms with Crippen LogP contribution in [0.15, 0.2) is 17.9 Å². The minimum Gasteiger partial charge on any atom is -0.346 e. The van der Waals surface area contributed by atoms with Gasteiger partial charge in [0.1, 0.15) is 6.33 Å². The van der Waals surface area contributed by atoms with Crippen molar-refractivity contribution in [1.82, 2.24) is 29.5 Å². The normalized spacial score (nSPS) is 14.9. The minimum absolute atomic E-state index is 0.765. The molecule has 0 aromatic carbocycles. The molecule has 0 spiro atoms. The lowest BCUT2D eigenvalue weighted by molar-refractivity contribution is 0.554. The number of nitrogens with zero attached hydrogens (tertiary/aromatic N) is 6. The Morgan fingerprint density at radius 1 is 1.40 bits per heavy atom. The maximum absolute atomic E-state index is 4.78. The van der Waals surface area contributed by atoms with Crippen LogP contribution >= 0.6 is 11.3 Å². The third kappa shape index (κ3) is 1.72. The molecule has 8 heteroatoms. The SMILES string of the molecule is CNCc1c(N2CCn3cnnc3C2)nc2sccn12. The number of rotatable bonds is 3. The second-order valence-corrected chi connectivity index (χ2v) is 5.70. The summed E-state index contributed by atoms with van der Waals surface area (Å²) in [5, 5.41) is 13.4. The van der Waals surface area contributed by atoms with Crippen LogP contribution < -0.4 is 10.2 Å². The van der Waals surface area contributed by atoms with Crippen LogP contribution in [0.3, 0.4) is 0 Å². The van der Waals surface area contributed by atoms with Crippen molar-refractivity contribution in [2.45, 2.75) is 19.6 Å². The molecule has 0 saturated heterocycles. The number of aromatic nitrogens is 5. The van der Waals surface area contributed by atoms with Gasteiger partial charge in [0, 0.05) is 31.2 Å². The van der Waals surface area contributed by atoms with E-state index in [1.165, 1.54) is 5.69 Å². The molecule has 0 aliphatic carbocycles. The first-order valence-corrected chi connectivity index (χ1v) is 7.45. The summed E-state index contributed by atoms with van der Waals surface area (Å²) in [4.78, 5) is 8.11. The van der Waals surface area contributed by atoms with Crippen LogP contribution in [-0.2, 0) is 19.6 Å². The number of imidazole rings is 1. The molecule has 1 aliphatic rings. The molecule has 0 saturated carbocycles. The van der Waals surface area contributed by atoms with Crippen LogP contribution in [0.1, 0.15) is 11.5 Å². The van der Waals surface area contributed by atoms with Crippen LogP contribution in [0.4, 0.5) is 5.82 Å². The van der Waals surface area contributed by atoms with Crippen molar-refractivity contribution >= 4 is 22.1 Å². The molecular formula is C12H15N7S. The van der Waals surface area contributed by atoms with Crippen molar-refractivity contribution in [3.63, 3.8) is 0 Å². The maximum atomic E-state index is 4.78. The van der Waals surface area contributed by atoms with Crippen molar-refractivity contribution < 1.29 is 0 Å². The topological polar surface area (TPSA) is 63.3 Å². The van der Waals surface area contributed by atoms with Gasteiger partial charge in [-0.2, -0.15) is 0 Å². The van der Waals surface area contributed by atoms with E-state index in [1.807, 2.05) is 7.05 Å². The molecule has 20 heavy (non-hydrogen) atoms. The molecule has 1 aliphatic heterocycles. The van der Waals surface area contributed by atoms with Crippen LogP contribution in [0, 0.1) is 0 Å². The van der Waals surface area contributed by atoms with Crippen molar-refractivity contribution in [3.8, 4) is 0 Å². The number of anilines is 1. The first-order valence-electron chi connectivity index (χ1n) is 6.57. The molecule has 0 radical (unpaired) electrons. The van der Waals surface area contributed by atoms with E-state index in [-0.39, 0.29) is 0 Å². The lowest BCUT2D eigenvalue weighted by atomic mass is 10.3. The molecule has 4 rings (SSSR count). The molecule has 104 valence electrons. The Kier molecular flexibility index (Phi) is 2.71. The molecule has 0 bridgehead atoms. The maximum Gasteiger partial charge on any atom is 0.195 e. The molecule has 3 aromatic rings. The zero-order chi connectivity index (χ0) is 13.5. The number of hydrogen-bond acceptors (Lipinski definition) is 6. The zero-order valence-electron chi connectivity index (χ0n) is 11.2. The van der Waals surface area contributed by atoms with Crippen LogP contribution in [0.25, 0.3) is 4.96 Å². The molecule has 0 fully saturated rings. The van der Waals surface area contributed by atoms with Gasteiger partial charge >= 0.3 is 0 Å². The smallest absolute Gasteiger partial charge is 0.195 e. The molecule has 4 heterocycles. The molecule has 7 nitrogen and oxygen atoms in total. The monoisotopic (exact) mass is 289 g/mol. The Labute approximate surface area is 119 Å². The fourth-order valence-electron chi connectivity index (χ4n) is 2.65. The van der Waals surface area contributed by atoms with Gasteiger partial charge in [-0.3, -0.25) is 4.40 Å². The Hall–Kier alpha value is -1.93.